The Morgan fingerprint density at radius 1 is 1.20 bits per heavy atom. The highest BCUT2D eigenvalue weighted by Gasteiger charge is 2.14. The molecule has 1 atom stereocenters. The molecule has 1 unspecified atom stereocenters. The van der Waals surface area contributed by atoms with Gasteiger partial charge in [-0.2, -0.15) is 0 Å². The molecule has 1 aromatic rings. The van der Waals surface area contributed by atoms with E-state index >= 15 is 0 Å². The number of rotatable bonds is 9. The SMILES string of the molecule is CCCc1nc(NCC)cc(NC(CCO)C(C)C)n1. The Morgan fingerprint density at radius 2 is 1.90 bits per heavy atom. The zero-order chi connectivity index (χ0) is 15.0. The zero-order valence-corrected chi connectivity index (χ0v) is 13.1. The van der Waals surface area contributed by atoms with Crippen LogP contribution in [0.1, 0.15) is 46.4 Å². The van der Waals surface area contributed by atoms with Gasteiger partial charge in [-0.3, -0.25) is 0 Å². The summed E-state index contributed by atoms with van der Waals surface area (Å²) in [5.74, 6) is 3.00. The first-order chi connectivity index (χ1) is 9.60. The molecule has 1 rings (SSSR count). The molecule has 0 saturated heterocycles. The highest BCUT2D eigenvalue weighted by molar-refractivity contribution is 5.48. The lowest BCUT2D eigenvalue weighted by Gasteiger charge is -2.22. The van der Waals surface area contributed by atoms with Crippen LogP contribution in [0.2, 0.25) is 0 Å². The van der Waals surface area contributed by atoms with E-state index in [1.165, 1.54) is 0 Å². The molecule has 0 spiro atoms. The van der Waals surface area contributed by atoms with Gasteiger partial charge in [-0.15, -0.1) is 0 Å². The molecule has 0 radical (unpaired) electrons. The number of anilines is 2. The molecule has 3 N–H and O–H groups in total. The van der Waals surface area contributed by atoms with Gasteiger partial charge in [0.15, 0.2) is 0 Å². The van der Waals surface area contributed by atoms with E-state index < -0.39 is 0 Å². The number of aliphatic hydroxyl groups excluding tert-OH is 1. The first kappa shape index (κ1) is 16.7. The maximum absolute atomic E-state index is 9.16. The number of hydrogen-bond donors (Lipinski definition) is 3. The maximum atomic E-state index is 9.16. The fraction of sp³-hybridized carbons (Fsp3) is 0.733. The summed E-state index contributed by atoms with van der Waals surface area (Å²) in [4.78, 5) is 9.07. The van der Waals surface area contributed by atoms with Crippen molar-refractivity contribution >= 4 is 11.6 Å². The number of aliphatic hydroxyl groups is 1. The molecule has 0 amide bonds. The molecule has 5 heteroatoms. The van der Waals surface area contributed by atoms with Crippen LogP contribution in [0.4, 0.5) is 11.6 Å². The molecule has 20 heavy (non-hydrogen) atoms. The molecular weight excluding hydrogens is 252 g/mol. The van der Waals surface area contributed by atoms with Crippen LogP contribution in [0.5, 0.6) is 0 Å². The summed E-state index contributed by atoms with van der Waals surface area (Å²) in [6, 6.07) is 2.16. The van der Waals surface area contributed by atoms with Crippen molar-refractivity contribution in [2.24, 2.45) is 5.92 Å². The average Bonchev–Trinajstić information content (AvgIpc) is 2.38. The standard InChI is InChI=1S/C15H28N4O/c1-5-7-13-18-14(16-6-2)10-15(19-13)17-12(8-9-20)11(3)4/h10-12,20H,5-9H2,1-4H3,(H2,16,17,18,19). The second kappa shape index (κ2) is 8.74. The third-order valence-corrected chi connectivity index (χ3v) is 3.18. The third kappa shape index (κ3) is 5.33. The lowest BCUT2D eigenvalue weighted by molar-refractivity contribution is 0.267. The number of aryl methyl sites for hydroxylation is 1. The van der Waals surface area contributed by atoms with Crippen molar-refractivity contribution in [1.82, 2.24) is 9.97 Å². The third-order valence-electron chi connectivity index (χ3n) is 3.18. The molecule has 0 bridgehead atoms. The number of aromatic nitrogens is 2. The molecule has 0 saturated carbocycles. The van der Waals surface area contributed by atoms with Crippen molar-refractivity contribution in [2.45, 2.75) is 53.0 Å². The molecule has 0 aromatic carbocycles. The molecule has 0 fully saturated rings. The van der Waals surface area contributed by atoms with Crippen molar-refractivity contribution in [3.63, 3.8) is 0 Å². The fourth-order valence-corrected chi connectivity index (χ4v) is 2.08. The van der Waals surface area contributed by atoms with Gasteiger partial charge in [-0.1, -0.05) is 20.8 Å². The Balaban J connectivity index is 2.90. The molecular formula is C15H28N4O. The van der Waals surface area contributed by atoms with E-state index in [1.54, 1.807) is 0 Å². The van der Waals surface area contributed by atoms with Gasteiger partial charge in [-0.05, 0) is 25.7 Å². The highest BCUT2D eigenvalue weighted by Crippen LogP contribution is 2.17. The van der Waals surface area contributed by atoms with E-state index in [0.29, 0.717) is 5.92 Å². The molecule has 114 valence electrons. The normalized spacial score (nSPS) is 12.5. The van der Waals surface area contributed by atoms with Crippen LogP contribution >= 0.6 is 0 Å². The zero-order valence-electron chi connectivity index (χ0n) is 13.1. The predicted octanol–water partition coefficient (Wildman–Crippen LogP) is 2.68. The minimum atomic E-state index is 0.183. The van der Waals surface area contributed by atoms with Crippen molar-refractivity contribution in [2.75, 3.05) is 23.8 Å². The van der Waals surface area contributed by atoms with Gasteiger partial charge >= 0.3 is 0 Å². The van der Waals surface area contributed by atoms with E-state index in [0.717, 1.165) is 43.3 Å². The first-order valence-electron chi connectivity index (χ1n) is 7.59. The minimum Gasteiger partial charge on any atom is -0.396 e. The van der Waals surface area contributed by atoms with Crippen molar-refractivity contribution < 1.29 is 5.11 Å². The van der Waals surface area contributed by atoms with Crippen LogP contribution in [0.25, 0.3) is 0 Å². The maximum Gasteiger partial charge on any atom is 0.133 e. The second-order valence-corrected chi connectivity index (χ2v) is 5.34. The Labute approximate surface area is 122 Å². The smallest absolute Gasteiger partial charge is 0.133 e. The number of hydrogen-bond acceptors (Lipinski definition) is 5. The Hall–Kier alpha value is -1.36. The first-order valence-corrected chi connectivity index (χ1v) is 7.59. The van der Waals surface area contributed by atoms with E-state index in [1.807, 2.05) is 6.07 Å². The van der Waals surface area contributed by atoms with Gasteiger partial charge in [0.1, 0.15) is 17.5 Å². The summed E-state index contributed by atoms with van der Waals surface area (Å²) in [5.41, 5.74) is 0. The van der Waals surface area contributed by atoms with Gasteiger partial charge in [-0.25, -0.2) is 9.97 Å². The lowest BCUT2D eigenvalue weighted by atomic mass is 10.0. The molecule has 0 aliphatic heterocycles. The van der Waals surface area contributed by atoms with Crippen LogP contribution < -0.4 is 10.6 Å². The van der Waals surface area contributed by atoms with Gasteiger partial charge < -0.3 is 15.7 Å². The summed E-state index contributed by atoms with van der Waals surface area (Å²) < 4.78 is 0. The van der Waals surface area contributed by atoms with E-state index in [9.17, 15) is 0 Å². The Bertz CT molecular complexity index is 371. The molecule has 0 aliphatic rings. The van der Waals surface area contributed by atoms with E-state index in [-0.39, 0.29) is 12.6 Å². The molecule has 1 aromatic heterocycles. The van der Waals surface area contributed by atoms with Gasteiger partial charge in [0.05, 0.1) is 0 Å². The van der Waals surface area contributed by atoms with Crippen LogP contribution in [-0.2, 0) is 6.42 Å². The van der Waals surface area contributed by atoms with E-state index in [2.05, 4.69) is 48.3 Å². The van der Waals surface area contributed by atoms with Gasteiger partial charge in [0.2, 0.25) is 0 Å². The topological polar surface area (TPSA) is 70.1 Å². The quantitative estimate of drug-likeness (QED) is 0.649. The van der Waals surface area contributed by atoms with Crippen LogP contribution in [0, 0.1) is 5.92 Å². The second-order valence-electron chi connectivity index (χ2n) is 5.34. The largest absolute Gasteiger partial charge is 0.396 e. The van der Waals surface area contributed by atoms with Gasteiger partial charge in [0, 0.05) is 31.7 Å². The van der Waals surface area contributed by atoms with Crippen LogP contribution in [0.3, 0.4) is 0 Å². The van der Waals surface area contributed by atoms with Gasteiger partial charge in [0.25, 0.3) is 0 Å². The molecule has 5 nitrogen and oxygen atoms in total. The van der Waals surface area contributed by atoms with Crippen molar-refractivity contribution in [1.29, 1.82) is 0 Å². The Kier molecular flexibility index (Phi) is 7.30. The molecule has 1 heterocycles. The van der Waals surface area contributed by atoms with Crippen molar-refractivity contribution in [3.8, 4) is 0 Å². The summed E-state index contributed by atoms with van der Waals surface area (Å²) in [6.45, 7) is 9.49. The summed E-state index contributed by atoms with van der Waals surface area (Å²) in [5, 5.41) is 15.8. The highest BCUT2D eigenvalue weighted by atomic mass is 16.3. The fourth-order valence-electron chi connectivity index (χ4n) is 2.08. The summed E-state index contributed by atoms with van der Waals surface area (Å²) >= 11 is 0. The minimum absolute atomic E-state index is 0.183. The summed E-state index contributed by atoms with van der Waals surface area (Å²) in [6.07, 6.45) is 2.63. The Morgan fingerprint density at radius 3 is 2.45 bits per heavy atom. The molecule has 0 aliphatic carbocycles. The monoisotopic (exact) mass is 280 g/mol. The van der Waals surface area contributed by atoms with E-state index in [4.69, 9.17) is 5.11 Å². The lowest BCUT2D eigenvalue weighted by Crippen LogP contribution is -2.27. The summed E-state index contributed by atoms with van der Waals surface area (Å²) in [7, 11) is 0. The average molecular weight is 280 g/mol. The van der Waals surface area contributed by atoms with Crippen LogP contribution in [0.15, 0.2) is 6.07 Å². The van der Waals surface area contributed by atoms with Crippen LogP contribution in [-0.4, -0.2) is 34.3 Å². The predicted molar refractivity (Wildman–Crippen MR) is 84.1 cm³/mol. The van der Waals surface area contributed by atoms with Crippen molar-refractivity contribution in [3.05, 3.63) is 11.9 Å². The number of nitrogens with one attached hydrogen (secondary N) is 2. The number of nitrogens with zero attached hydrogens (tertiary/aromatic N) is 2.